The molecule has 0 bridgehead atoms. The van der Waals surface area contributed by atoms with E-state index in [0.29, 0.717) is 17.9 Å². The Morgan fingerprint density at radius 3 is 1.79 bits per heavy atom. The van der Waals surface area contributed by atoms with Crippen LogP contribution in [0.25, 0.3) is 11.1 Å². The molecule has 5 rings (SSSR count). The van der Waals surface area contributed by atoms with Gasteiger partial charge in [0.15, 0.2) is 0 Å². The highest BCUT2D eigenvalue weighted by atomic mass is 16.5. The van der Waals surface area contributed by atoms with Crippen molar-refractivity contribution >= 4 is 5.97 Å². The molecule has 0 spiro atoms. The van der Waals surface area contributed by atoms with Crippen LogP contribution in [0.1, 0.15) is 63.1 Å². The summed E-state index contributed by atoms with van der Waals surface area (Å²) >= 11 is 0. The van der Waals surface area contributed by atoms with Gasteiger partial charge >= 0.3 is 5.97 Å². The number of carbonyl (C=O) groups is 1. The molecule has 0 radical (unpaired) electrons. The minimum Gasteiger partial charge on any atom is -0.496 e. The summed E-state index contributed by atoms with van der Waals surface area (Å²) in [6.45, 7) is 8.51. The first-order valence-corrected chi connectivity index (χ1v) is 13.1. The molecule has 1 aliphatic rings. The van der Waals surface area contributed by atoms with Gasteiger partial charge in [0.1, 0.15) is 17.1 Å². The van der Waals surface area contributed by atoms with Crippen molar-refractivity contribution in [2.45, 2.75) is 39.5 Å². The minimum absolute atomic E-state index is 0.291. The van der Waals surface area contributed by atoms with E-state index in [-0.39, 0.29) is 0 Å². The van der Waals surface area contributed by atoms with Gasteiger partial charge in [-0.25, -0.2) is 4.79 Å². The summed E-state index contributed by atoms with van der Waals surface area (Å²) in [5.74, 6) is 0.982. The fourth-order valence-corrected chi connectivity index (χ4v) is 5.94. The van der Waals surface area contributed by atoms with E-state index in [1.165, 1.54) is 33.4 Å². The molecule has 0 saturated carbocycles. The molecule has 0 N–H and O–H groups in total. The molecule has 38 heavy (non-hydrogen) atoms. The SMILES string of the molecule is CCOC(=O)c1cc(C2(c3ccc(OC)c(CC)c3)c3cc(C)ccc3-c3ccc(C)cc32)ccc1OC. The second-order valence-electron chi connectivity index (χ2n) is 9.86. The fraction of sp³-hybridized carbons (Fsp3) is 0.265. The van der Waals surface area contributed by atoms with E-state index in [9.17, 15) is 4.79 Å². The van der Waals surface area contributed by atoms with Gasteiger partial charge in [-0.15, -0.1) is 0 Å². The van der Waals surface area contributed by atoms with Crippen LogP contribution in [0.5, 0.6) is 11.5 Å². The van der Waals surface area contributed by atoms with E-state index in [2.05, 4.69) is 81.4 Å². The Balaban J connectivity index is 1.94. The summed E-state index contributed by atoms with van der Waals surface area (Å²) in [4.78, 5) is 13.1. The summed E-state index contributed by atoms with van der Waals surface area (Å²) < 4.78 is 16.7. The number of esters is 1. The predicted octanol–water partition coefficient (Wildman–Crippen LogP) is 7.42. The third kappa shape index (κ3) is 3.87. The summed E-state index contributed by atoms with van der Waals surface area (Å²) in [5.41, 5.74) is 10.2. The van der Waals surface area contributed by atoms with Crippen LogP contribution in [0, 0.1) is 13.8 Å². The summed E-state index contributed by atoms with van der Waals surface area (Å²) in [6.07, 6.45) is 0.838. The molecule has 4 nitrogen and oxygen atoms in total. The van der Waals surface area contributed by atoms with Crippen molar-refractivity contribution in [1.29, 1.82) is 0 Å². The zero-order chi connectivity index (χ0) is 27.0. The lowest BCUT2D eigenvalue weighted by Gasteiger charge is -2.35. The molecule has 0 amide bonds. The Kier molecular flexibility index (Phi) is 6.75. The first kappa shape index (κ1) is 25.6. The van der Waals surface area contributed by atoms with E-state index in [4.69, 9.17) is 14.2 Å². The van der Waals surface area contributed by atoms with Crippen molar-refractivity contribution in [2.24, 2.45) is 0 Å². The Morgan fingerprint density at radius 2 is 1.26 bits per heavy atom. The maximum atomic E-state index is 13.1. The second-order valence-corrected chi connectivity index (χ2v) is 9.86. The largest absolute Gasteiger partial charge is 0.496 e. The van der Waals surface area contributed by atoms with Gasteiger partial charge in [-0.1, -0.05) is 72.6 Å². The Labute approximate surface area is 225 Å². The number of carbonyl (C=O) groups excluding carboxylic acids is 1. The Morgan fingerprint density at radius 1 is 0.711 bits per heavy atom. The molecular formula is C34H34O4. The molecule has 4 aromatic rings. The smallest absolute Gasteiger partial charge is 0.341 e. The van der Waals surface area contributed by atoms with E-state index >= 15 is 0 Å². The molecule has 0 saturated heterocycles. The zero-order valence-corrected chi connectivity index (χ0v) is 23.0. The number of ether oxygens (including phenoxy) is 3. The first-order valence-electron chi connectivity index (χ1n) is 13.1. The molecule has 194 valence electrons. The van der Waals surface area contributed by atoms with Crippen LogP contribution in [0.15, 0.2) is 72.8 Å². The van der Waals surface area contributed by atoms with Gasteiger partial charge < -0.3 is 14.2 Å². The zero-order valence-electron chi connectivity index (χ0n) is 23.0. The maximum absolute atomic E-state index is 13.1. The molecule has 4 heteroatoms. The van der Waals surface area contributed by atoms with E-state index in [0.717, 1.165) is 28.9 Å². The number of benzene rings is 4. The standard InChI is InChI=1S/C34H34O4/c1-7-23-19-24(11-15-31(23)36-5)34(25-12-16-32(37-6)28(20-25)33(35)38-8-2)29-17-21(3)9-13-26(29)27-14-10-22(4)18-30(27)34/h9-20H,7-8H2,1-6H3. The highest BCUT2D eigenvalue weighted by Crippen LogP contribution is 2.57. The summed E-state index contributed by atoms with van der Waals surface area (Å²) in [6, 6.07) is 25.8. The van der Waals surface area contributed by atoms with Crippen LogP contribution in [-0.4, -0.2) is 26.8 Å². The molecule has 0 heterocycles. The van der Waals surface area contributed by atoms with Crippen molar-refractivity contribution in [1.82, 2.24) is 0 Å². The van der Waals surface area contributed by atoms with Crippen molar-refractivity contribution in [3.05, 3.63) is 117 Å². The predicted molar refractivity (Wildman–Crippen MR) is 152 cm³/mol. The minimum atomic E-state index is -0.646. The summed E-state index contributed by atoms with van der Waals surface area (Å²) in [5, 5.41) is 0. The van der Waals surface area contributed by atoms with Gasteiger partial charge in [0.05, 0.1) is 26.2 Å². The van der Waals surface area contributed by atoms with E-state index < -0.39 is 11.4 Å². The number of fused-ring (bicyclic) bond motifs is 3. The van der Waals surface area contributed by atoms with Crippen LogP contribution in [0.3, 0.4) is 0 Å². The number of aryl methyl sites for hydroxylation is 3. The maximum Gasteiger partial charge on any atom is 0.341 e. The van der Waals surface area contributed by atoms with Gasteiger partial charge in [-0.3, -0.25) is 0 Å². The second kappa shape index (κ2) is 10.0. The van der Waals surface area contributed by atoms with Crippen LogP contribution in [-0.2, 0) is 16.6 Å². The van der Waals surface area contributed by atoms with Gasteiger partial charge in [0.2, 0.25) is 0 Å². The van der Waals surface area contributed by atoms with Crippen molar-refractivity contribution < 1.29 is 19.0 Å². The van der Waals surface area contributed by atoms with Gasteiger partial charge in [-0.05, 0) is 84.3 Å². The van der Waals surface area contributed by atoms with Crippen LogP contribution < -0.4 is 9.47 Å². The third-order valence-corrected chi connectivity index (χ3v) is 7.67. The fourth-order valence-electron chi connectivity index (χ4n) is 5.94. The number of hydrogen-bond donors (Lipinski definition) is 0. The van der Waals surface area contributed by atoms with Crippen LogP contribution >= 0.6 is 0 Å². The number of hydrogen-bond acceptors (Lipinski definition) is 4. The normalized spacial score (nSPS) is 13.0. The average molecular weight is 507 g/mol. The monoisotopic (exact) mass is 506 g/mol. The summed E-state index contributed by atoms with van der Waals surface area (Å²) in [7, 11) is 3.29. The molecule has 1 aliphatic carbocycles. The average Bonchev–Trinajstić information content (AvgIpc) is 3.21. The quantitative estimate of drug-likeness (QED) is 0.215. The first-order chi connectivity index (χ1) is 18.4. The highest BCUT2D eigenvalue weighted by molar-refractivity contribution is 5.94. The molecule has 0 aromatic heterocycles. The van der Waals surface area contributed by atoms with Gasteiger partial charge in [-0.2, -0.15) is 0 Å². The van der Waals surface area contributed by atoms with E-state index in [1.54, 1.807) is 14.2 Å². The number of rotatable bonds is 7. The molecule has 4 aromatic carbocycles. The Hall–Kier alpha value is -4.05. The van der Waals surface area contributed by atoms with Crippen molar-refractivity contribution in [2.75, 3.05) is 20.8 Å². The molecule has 0 atom stereocenters. The lowest BCUT2D eigenvalue weighted by atomic mass is 9.66. The van der Waals surface area contributed by atoms with Gasteiger partial charge in [0.25, 0.3) is 0 Å². The van der Waals surface area contributed by atoms with Crippen LogP contribution in [0.2, 0.25) is 0 Å². The van der Waals surface area contributed by atoms with Crippen molar-refractivity contribution in [3.8, 4) is 22.6 Å². The van der Waals surface area contributed by atoms with Crippen molar-refractivity contribution in [3.63, 3.8) is 0 Å². The van der Waals surface area contributed by atoms with E-state index in [1.807, 2.05) is 19.1 Å². The highest BCUT2D eigenvalue weighted by Gasteiger charge is 2.47. The molecule has 0 unspecified atom stereocenters. The topological polar surface area (TPSA) is 44.8 Å². The molecule has 0 aliphatic heterocycles. The lowest BCUT2D eigenvalue weighted by molar-refractivity contribution is 0.0522. The Bertz CT molecular complexity index is 1480. The lowest BCUT2D eigenvalue weighted by Crippen LogP contribution is -2.29. The molecular weight excluding hydrogens is 472 g/mol. The third-order valence-electron chi connectivity index (χ3n) is 7.67. The molecule has 0 fully saturated rings. The van der Waals surface area contributed by atoms with Crippen LogP contribution in [0.4, 0.5) is 0 Å². The van der Waals surface area contributed by atoms with Gasteiger partial charge in [0, 0.05) is 0 Å². The number of methoxy groups -OCH3 is 2.